The first kappa shape index (κ1) is 16.8. The quantitative estimate of drug-likeness (QED) is 0.628. The highest BCUT2D eigenvalue weighted by atomic mass is 16.5. The summed E-state index contributed by atoms with van der Waals surface area (Å²) >= 11 is 0. The highest BCUT2D eigenvalue weighted by Gasteiger charge is 2.31. The minimum absolute atomic E-state index is 0.141. The number of rotatable bonds is 3. The first-order valence-electron chi connectivity index (χ1n) is 8.38. The van der Waals surface area contributed by atoms with E-state index in [2.05, 4.69) is 5.32 Å². The van der Waals surface area contributed by atoms with Gasteiger partial charge in [0.05, 0.1) is 12.5 Å². The molecule has 2 fully saturated rings. The molecular weight excluding hydrogens is 284 g/mol. The maximum absolute atomic E-state index is 12.2. The maximum Gasteiger partial charge on any atom is 0.311 e. The van der Waals surface area contributed by atoms with E-state index in [1.807, 2.05) is 0 Å². The molecule has 0 unspecified atom stereocenters. The third kappa shape index (κ3) is 4.45. The fourth-order valence-corrected chi connectivity index (χ4v) is 3.22. The van der Waals surface area contributed by atoms with Crippen LogP contribution in [0.25, 0.3) is 0 Å². The summed E-state index contributed by atoms with van der Waals surface area (Å²) in [4.78, 5) is 37.4. The Bertz CT molecular complexity index is 410. The van der Waals surface area contributed by atoms with Gasteiger partial charge in [0.2, 0.25) is 0 Å². The molecule has 2 rings (SSSR count). The Morgan fingerprint density at radius 1 is 1.05 bits per heavy atom. The zero-order valence-corrected chi connectivity index (χ0v) is 13.3. The van der Waals surface area contributed by atoms with Crippen molar-refractivity contribution in [3.05, 3.63) is 0 Å². The Kier molecular flexibility index (Phi) is 6.21. The van der Waals surface area contributed by atoms with Crippen LogP contribution in [0.3, 0.4) is 0 Å². The molecule has 1 aliphatic carbocycles. The van der Waals surface area contributed by atoms with Crippen LogP contribution < -0.4 is 5.32 Å². The first-order chi connectivity index (χ1) is 10.6. The van der Waals surface area contributed by atoms with Gasteiger partial charge in [-0.25, -0.2) is 0 Å². The summed E-state index contributed by atoms with van der Waals surface area (Å²) in [5.74, 6) is -1.30. The monoisotopic (exact) mass is 310 g/mol. The molecule has 0 aromatic carbocycles. The number of nitrogens with one attached hydrogen (secondary N) is 1. The maximum atomic E-state index is 12.2. The second-order valence-corrected chi connectivity index (χ2v) is 6.13. The van der Waals surface area contributed by atoms with E-state index in [0.29, 0.717) is 32.5 Å². The molecule has 1 aliphatic heterocycles. The van der Waals surface area contributed by atoms with Gasteiger partial charge in [0.25, 0.3) is 0 Å². The average Bonchev–Trinajstić information content (AvgIpc) is 2.55. The number of hydrogen-bond acceptors (Lipinski definition) is 4. The summed E-state index contributed by atoms with van der Waals surface area (Å²) in [7, 11) is 0. The fraction of sp³-hybridized carbons (Fsp3) is 0.812. The lowest BCUT2D eigenvalue weighted by atomic mass is 9.95. The van der Waals surface area contributed by atoms with Crippen molar-refractivity contribution in [1.29, 1.82) is 0 Å². The van der Waals surface area contributed by atoms with Crippen molar-refractivity contribution in [3.8, 4) is 0 Å². The van der Waals surface area contributed by atoms with Gasteiger partial charge in [0.1, 0.15) is 0 Å². The van der Waals surface area contributed by atoms with Crippen LogP contribution in [0.1, 0.15) is 51.9 Å². The topological polar surface area (TPSA) is 75.7 Å². The Hall–Kier alpha value is -1.59. The molecule has 0 aromatic rings. The molecule has 0 atom stereocenters. The van der Waals surface area contributed by atoms with Crippen molar-refractivity contribution in [3.63, 3.8) is 0 Å². The van der Waals surface area contributed by atoms with Gasteiger partial charge in [-0.15, -0.1) is 0 Å². The molecule has 124 valence electrons. The normalized spacial score (nSPS) is 20.5. The molecule has 2 aliphatic rings. The van der Waals surface area contributed by atoms with Crippen LogP contribution in [0.4, 0.5) is 0 Å². The zero-order chi connectivity index (χ0) is 15.9. The summed E-state index contributed by atoms with van der Waals surface area (Å²) in [6.07, 6.45) is 6.51. The molecule has 1 heterocycles. The molecule has 1 N–H and O–H groups in total. The number of likely N-dealkylation sites (tertiary alicyclic amines) is 1. The van der Waals surface area contributed by atoms with E-state index in [4.69, 9.17) is 4.74 Å². The number of nitrogens with zero attached hydrogens (tertiary/aromatic N) is 1. The van der Waals surface area contributed by atoms with E-state index >= 15 is 0 Å². The SMILES string of the molecule is CCOC(=O)C1CCN(C(=O)C(=O)NC2CCCCC2)CC1. The number of esters is 1. The predicted octanol–water partition coefficient (Wildman–Crippen LogP) is 1.24. The van der Waals surface area contributed by atoms with Gasteiger partial charge in [-0.1, -0.05) is 19.3 Å². The van der Waals surface area contributed by atoms with E-state index in [1.54, 1.807) is 11.8 Å². The molecule has 6 nitrogen and oxygen atoms in total. The highest BCUT2D eigenvalue weighted by Crippen LogP contribution is 2.20. The average molecular weight is 310 g/mol. The molecule has 6 heteroatoms. The van der Waals surface area contributed by atoms with Gasteiger partial charge in [0, 0.05) is 19.1 Å². The van der Waals surface area contributed by atoms with Crippen molar-refractivity contribution in [2.45, 2.75) is 57.9 Å². The number of carbonyl (C=O) groups excluding carboxylic acids is 3. The van der Waals surface area contributed by atoms with Crippen LogP contribution in [-0.4, -0.2) is 48.4 Å². The van der Waals surface area contributed by atoms with E-state index < -0.39 is 11.8 Å². The summed E-state index contributed by atoms with van der Waals surface area (Å²) in [6, 6.07) is 0.141. The van der Waals surface area contributed by atoms with Crippen molar-refractivity contribution >= 4 is 17.8 Å². The lowest BCUT2D eigenvalue weighted by Crippen LogP contribution is -2.49. The third-order valence-corrected chi connectivity index (χ3v) is 4.54. The first-order valence-corrected chi connectivity index (χ1v) is 8.38. The zero-order valence-electron chi connectivity index (χ0n) is 13.3. The van der Waals surface area contributed by atoms with Crippen LogP contribution in [0.5, 0.6) is 0 Å². The van der Waals surface area contributed by atoms with Crippen LogP contribution in [0, 0.1) is 5.92 Å². The Balaban J connectivity index is 1.76. The molecule has 1 saturated carbocycles. The highest BCUT2D eigenvalue weighted by molar-refractivity contribution is 6.35. The third-order valence-electron chi connectivity index (χ3n) is 4.54. The van der Waals surface area contributed by atoms with Crippen molar-refractivity contribution in [1.82, 2.24) is 10.2 Å². The summed E-state index contributed by atoms with van der Waals surface area (Å²) in [5, 5.41) is 2.85. The number of hydrogen-bond donors (Lipinski definition) is 1. The van der Waals surface area contributed by atoms with Crippen LogP contribution in [0.2, 0.25) is 0 Å². The van der Waals surface area contributed by atoms with Crippen molar-refractivity contribution < 1.29 is 19.1 Å². The largest absolute Gasteiger partial charge is 0.466 e. The van der Waals surface area contributed by atoms with Gasteiger partial charge in [-0.2, -0.15) is 0 Å². The van der Waals surface area contributed by atoms with Crippen molar-refractivity contribution in [2.75, 3.05) is 19.7 Å². The standard InChI is InChI=1S/C16H26N2O4/c1-2-22-16(21)12-8-10-18(11-9-12)15(20)14(19)17-13-6-4-3-5-7-13/h12-13H,2-11H2,1H3,(H,17,19). The van der Waals surface area contributed by atoms with Crippen molar-refractivity contribution in [2.24, 2.45) is 5.92 Å². The van der Waals surface area contributed by atoms with Gasteiger partial charge in [-0.3, -0.25) is 14.4 Å². The predicted molar refractivity (Wildman–Crippen MR) is 81.0 cm³/mol. The second kappa shape index (κ2) is 8.15. The van der Waals surface area contributed by atoms with Crippen LogP contribution >= 0.6 is 0 Å². The fourth-order valence-electron chi connectivity index (χ4n) is 3.22. The lowest BCUT2D eigenvalue weighted by Gasteiger charge is -2.31. The van der Waals surface area contributed by atoms with Gasteiger partial charge >= 0.3 is 17.8 Å². The lowest BCUT2D eigenvalue weighted by molar-refractivity contribution is -0.153. The Labute approximate surface area is 131 Å². The van der Waals surface area contributed by atoms with Gasteiger partial charge in [-0.05, 0) is 32.6 Å². The second-order valence-electron chi connectivity index (χ2n) is 6.13. The summed E-state index contributed by atoms with van der Waals surface area (Å²) in [6.45, 7) is 3.05. The number of ether oxygens (including phenoxy) is 1. The smallest absolute Gasteiger partial charge is 0.311 e. The molecule has 0 aromatic heterocycles. The molecule has 22 heavy (non-hydrogen) atoms. The molecule has 0 bridgehead atoms. The van der Waals surface area contributed by atoms with E-state index in [1.165, 1.54) is 6.42 Å². The molecule has 2 amide bonds. The molecule has 0 radical (unpaired) electrons. The van der Waals surface area contributed by atoms with E-state index in [0.717, 1.165) is 25.7 Å². The van der Waals surface area contributed by atoms with E-state index in [9.17, 15) is 14.4 Å². The number of amides is 2. The Morgan fingerprint density at radius 2 is 1.68 bits per heavy atom. The van der Waals surface area contributed by atoms with Gasteiger partial charge < -0.3 is 15.0 Å². The molecule has 0 spiro atoms. The Morgan fingerprint density at radius 3 is 2.27 bits per heavy atom. The molecular formula is C16H26N2O4. The summed E-state index contributed by atoms with van der Waals surface area (Å²) < 4.78 is 5.00. The minimum Gasteiger partial charge on any atom is -0.466 e. The number of carbonyl (C=O) groups is 3. The van der Waals surface area contributed by atoms with Crippen LogP contribution in [0.15, 0.2) is 0 Å². The summed E-state index contributed by atoms with van der Waals surface area (Å²) in [5.41, 5.74) is 0. The van der Waals surface area contributed by atoms with Gasteiger partial charge in [0.15, 0.2) is 0 Å². The minimum atomic E-state index is -0.499. The van der Waals surface area contributed by atoms with E-state index in [-0.39, 0.29) is 17.9 Å². The molecule has 1 saturated heterocycles. The number of piperidine rings is 1. The van der Waals surface area contributed by atoms with Crippen LogP contribution in [-0.2, 0) is 19.1 Å².